The van der Waals surface area contributed by atoms with Crippen LogP contribution in [0.1, 0.15) is 49.1 Å². The van der Waals surface area contributed by atoms with Crippen molar-refractivity contribution in [2.45, 2.75) is 38.4 Å². The van der Waals surface area contributed by atoms with Gasteiger partial charge in [0.05, 0.1) is 17.7 Å². The Kier molecular flexibility index (Phi) is 4.28. The summed E-state index contributed by atoms with van der Waals surface area (Å²) in [6.45, 7) is 3.92. The molecular weight excluding hydrogens is 371 g/mol. The smallest absolute Gasteiger partial charge is 0.416 e. The van der Waals surface area contributed by atoms with Gasteiger partial charge in [0.15, 0.2) is 0 Å². The van der Waals surface area contributed by atoms with Gasteiger partial charge < -0.3 is 9.73 Å². The van der Waals surface area contributed by atoms with Crippen molar-refractivity contribution >= 4 is 11.7 Å². The van der Waals surface area contributed by atoms with E-state index in [-0.39, 0.29) is 24.3 Å². The van der Waals surface area contributed by atoms with E-state index < -0.39 is 11.7 Å². The lowest BCUT2D eigenvalue weighted by atomic mass is 9.92. The summed E-state index contributed by atoms with van der Waals surface area (Å²) in [5.41, 5.74) is 0.429. The van der Waals surface area contributed by atoms with Crippen LogP contribution in [0.4, 0.5) is 19.0 Å². The number of hydrogen-bond donors (Lipinski definition) is 1. The lowest BCUT2D eigenvalue weighted by Gasteiger charge is -2.23. The van der Waals surface area contributed by atoms with Gasteiger partial charge in [0.25, 0.3) is 0 Å². The van der Waals surface area contributed by atoms with Crippen LogP contribution < -0.4 is 5.32 Å². The van der Waals surface area contributed by atoms with E-state index in [1.54, 1.807) is 29.1 Å². The van der Waals surface area contributed by atoms with E-state index in [0.29, 0.717) is 22.9 Å². The van der Waals surface area contributed by atoms with Crippen LogP contribution in [0.2, 0.25) is 0 Å². The van der Waals surface area contributed by atoms with E-state index in [1.807, 2.05) is 13.8 Å². The first-order valence-corrected chi connectivity index (χ1v) is 8.88. The van der Waals surface area contributed by atoms with Crippen LogP contribution in [0.5, 0.6) is 0 Å². The standard InChI is InChI=1S/C20H18F3N3O2/c1-11(2)26-19-15(10-24-26)14(9-18(27)25-19)17-7-6-16(28-17)12-4-3-5-13(8-12)20(21,22)23/h3-8,10-11,14H,9H2,1-2H3,(H,25,27)/t14-/m0/s1. The van der Waals surface area contributed by atoms with E-state index >= 15 is 0 Å². The van der Waals surface area contributed by atoms with Crippen molar-refractivity contribution in [3.05, 3.63) is 59.5 Å². The van der Waals surface area contributed by atoms with Gasteiger partial charge in [0.1, 0.15) is 17.3 Å². The second-order valence-electron chi connectivity index (χ2n) is 7.07. The molecule has 0 bridgehead atoms. The van der Waals surface area contributed by atoms with Gasteiger partial charge in [-0.05, 0) is 38.1 Å². The molecule has 0 aliphatic carbocycles. The second-order valence-corrected chi connectivity index (χ2v) is 7.07. The average molecular weight is 389 g/mol. The van der Waals surface area contributed by atoms with Gasteiger partial charge in [-0.1, -0.05) is 12.1 Å². The molecule has 1 aliphatic rings. The summed E-state index contributed by atoms with van der Waals surface area (Å²) in [4.78, 5) is 12.2. The van der Waals surface area contributed by atoms with E-state index in [0.717, 1.165) is 17.7 Å². The molecule has 5 nitrogen and oxygen atoms in total. The van der Waals surface area contributed by atoms with Gasteiger partial charge in [-0.3, -0.25) is 4.79 Å². The maximum atomic E-state index is 13.0. The van der Waals surface area contributed by atoms with Crippen molar-refractivity contribution in [1.29, 1.82) is 0 Å². The number of nitrogens with zero attached hydrogens (tertiary/aromatic N) is 2. The molecule has 3 aromatic rings. The molecule has 8 heteroatoms. The van der Waals surface area contributed by atoms with E-state index in [9.17, 15) is 18.0 Å². The number of nitrogens with one attached hydrogen (secondary N) is 1. The van der Waals surface area contributed by atoms with Gasteiger partial charge >= 0.3 is 6.18 Å². The highest BCUT2D eigenvalue weighted by Crippen LogP contribution is 2.40. The molecule has 0 spiro atoms. The second kappa shape index (κ2) is 6.54. The molecule has 146 valence electrons. The highest BCUT2D eigenvalue weighted by atomic mass is 19.4. The third-order valence-electron chi connectivity index (χ3n) is 4.78. The fraction of sp³-hybridized carbons (Fsp3) is 0.300. The third-order valence-corrected chi connectivity index (χ3v) is 4.78. The number of fused-ring (bicyclic) bond motifs is 1. The Morgan fingerprint density at radius 1 is 1.25 bits per heavy atom. The zero-order valence-corrected chi connectivity index (χ0v) is 15.2. The van der Waals surface area contributed by atoms with Gasteiger partial charge in [-0.15, -0.1) is 0 Å². The molecule has 2 aromatic heterocycles. The van der Waals surface area contributed by atoms with Crippen molar-refractivity contribution in [3.8, 4) is 11.3 Å². The number of halogens is 3. The van der Waals surface area contributed by atoms with E-state index in [1.165, 1.54) is 6.07 Å². The Hall–Kier alpha value is -3.03. The number of carbonyl (C=O) groups excluding carboxylic acids is 1. The molecule has 3 heterocycles. The topological polar surface area (TPSA) is 60.1 Å². The summed E-state index contributed by atoms with van der Waals surface area (Å²) >= 11 is 0. The Morgan fingerprint density at radius 3 is 2.75 bits per heavy atom. The molecule has 0 radical (unpaired) electrons. The largest absolute Gasteiger partial charge is 0.460 e. The first-order chi connectivity index (χ1) is 13.2. The number of carbonyl (C=O) groups is 1. The predicted molar refractivity (Wildman–Crippen MR) is 96.8 cm³/mol. The van der Waals surface area contributed by atoms with Gasteiger partial charge in [-0.2, -0.15) is 18.3 Å². The number of hydrogen-bond acceptors (Lipinski definition) is 3. The van der Waals surface area contributed by atoms with Crippen LogP contribution in [0.25, 0.3) is 11.3 Å². The Bertz CT molecular complexity index is 1030. The van der Waals surface area contributed by atoms with Crippen LogP contribution >= 0.6 is 0 Å². The maximum Gasteiger partial charge on any atom is 0.416 e. The summed E-state index contributed by atoms with van der Waals surface area (Å²) < 4.78 is 46.5. The number of aromatic nitrogens is 2. The zero-order chi connectivity index (χ0) is 20.1. The molecular formula is C20H18F3N3O2. The molecule has 28 heavy (non-hydrogen) atoms. The summed E-state index contributed by atoms with van der Waals surface area (Å²) in [7, 11) is 0. The Morgan fingerprint density at radius 2 is 2.04 bits per heavy atom. The number of amides is 1. The van der Waals surface area contributed by atoms with Crippen LogP contribution in [-0.2, 0) is 11.0 Å². The number of furan rings is 1. The van der Waals surface area contributed by atoms with Crippen molar-refractivity contribution in [1.82, 2.24) is 9.78 Å². The summed E-state index contributed by atoms with van der Waals surface area (Å²) in [5, 5.41) is 7.19. The molecule has 0 unspecified atom stereocenters. The molecule has 1 atom stereocenters. The van der Waals surface area contributed by atoms with Gasteiger partial charge in [0, 0.05) is 23.6 Å². The molecule has 1 aromatic carbocycles. The predicted octanol–water partition coefficient (Wildman–Crippen LogP) is 5.22. The van der Waals surface area contributed by atoms with Crippen LogP contribution in [-0.4, -0.2) is 15.7 Å². The number of anilines is 1. The van der Waals surface area contributed by atoms with Crippen molar-refractivity contribution in [2.75, 3.05) is 5.32 Å². The maximum absolute atomic E-state index is 13.0. The fourth-order valence-corrected chi connectivity index (χ4v) is 3.43. The van der Waals surface area contributed by atoms with Crippen molar-refractivity contribution < 1.29 is 22.4 Å². The first-order valence-electron chi connectivity index (χ1n) is 8.88. The van der Waals surface area contributed by atoms with Crippen LogP contribution in [0, 0.1) is 0 Å². The van der Waals surface area contributed by atoms with Gasteiger partial charge in [-0.25, -0.2) is 4.68 Å². The molecule has 0 saturated carbocycles. The highest BCUT2D eigenvalue weighted by Gasteiger charge is 2.33. The number of alkyl halides is 3. The molecule has 1 N–H and O–H groups in total. The third kappa shape index (κ3) is 3.19. The summed E-state index contributed by atoms with van der Waals surface area (Å²) in [5.74, 6) is 0.984. The Balaban J connectivity index is 1.70. The fourth-order valence-electron chi connectivity index (χ4n) is 3.43. The van der Waals surface area contributed by atoms with Crippen LogP contribution in [0.15, 0.2) is 47.0 Å². The summed E-state index contributed by atoms with van der Waals surface area (Å²) in [6, 6.07) is 8.38. The quantitative estimate of drug-likeness (QED) is 0.668. The average Bonchev–Trinajstić information content (AvgIpc) is 3.27. The normalized spacial score (nSPS) is 16.9. The SMILES string of the molecule is CC(C)n1ncc2c1NC(=O)C[C@@H]2c1ccc(-c2cccc(C(F)(F)F)c2)o1. The monoisotopic (exact) mass is 389 g/mol. The van der Waals surface area contributed by atoms with Gasteiger partial charge in [0.2, 0.25) is 5.91 Å². The first kappa shape index (κ1) is 18.3. The lowest BCUT2D eigenvalue weighted by Crippen LogP contribution is -2.25. The van der Waals surface area contributed by atoms with Crippen LogP contribution in [0.3, 0.4) is 0 Å². The van der Waals surface area contributed by atoms with E-state index in [2.05, 4.69) is 10.4 Å². The highest BCUT2D eigenvalue weighted by molar-refractivity contribution is 5.94. The minimum atomic E-state index is -4.42. The Labute approximate surface area is 159 Å². The van der Waals surface area contributed by atoms with E-state index in [4.69, 9.17) is 4.42 Å². The minimum Gasteiger partial charge on any atom is -0.460 e. The van der Waals surface area contributed by atoms with Crippen molar-refractivity contribution in [3.63, 3.8) is 0 Å². The molecule has 1 aliphatic heterocycles. The number of benzene rings is 1. The lowest BCUT2D eigenvalue weighted by molar-refractivity contribution is -0.137. The molecule has 4 rings (SSSR count). The molecule has 0 saturated heterocycles. The molecule has 1 amide bonds. The molecule has 0 fully saturated rings. The number of rotatable bonds is 3. The minimum absolute atomic E-state index is 0.0695. The van der Waals surface area contributed by atoms with Crippen molar-refractivity contribution in [2.24, 2.45) is 0 Å². The summed E-state index contributed by atoms with van der Waals surface area (Å²) in [6.07, 6.45) is -2.54. The zero-order valence-electron chi connectivity index (χ0n) is 15.2.